The lowest BCUT2D eigenvalue weighted by Crippen LogP contribution is -2.52. The summed E-state index contributed by atoms with van der Waals surface area (Å²) in [7, 11) is 1.35. The van der Waals surface area contributed by atoms with Gasteiger partial charge < -0.3 is 25.4 Å². The van der Waals surface area contributed by atoms with E-state index >= 15 is 0 Å². The lowest BCUT2D eigenvalue weighted by atomic mass is 9.82. The van der Waals surface area contributed by atoms with Gasteiger partial charge in [-0.25, -0.2) is 4.98 Å². The summed E-state index contributed by atoms with van der Waals surface area (Å²) in [5.41, 5.74) is 0.185. The van der Waals surface area contributed by atoms with Crippen LogP contribution in [0.2, 0.25) is 5.02 Å². The molecule has 0 unspecified atom stereocenters. The monoisotopic (exact) mass is 790 g/mol. The zero-order chi connectivity index (χ0) is 40.4. The molecule has 2 aromatic carbocycles. The lowest BCUT2D eigenvalue weighted by Gasteiger charge is -2.27. The van der Waals surface area contributed by atoms with Crippen LogP contribution in [0.1, 0.15) is 47.9 Å². The van der Waals surface area contributed by atoms with Gasteiger partial charge in [0.2, 0.25) is 11.7 Å². The number of methoxy groups -OCH3 is 1. The molecule has 1 heterocycles. The Morgan fingerprint density at radius 2 is 1.54 bits per heavy atom. The Balaban J connectivity index is 1.96. The third kappa shape index (κ3) is 12.4. The van der Waals surface area contributed by atoms with Crippen molar-refractivity contribution in [1.82, 2.24) is 20.9 Å². The first-order chi connectivity index (χ1) is 25.2. The molecule has 1 aromatic heterocycles. The average Bonchev–Trinajstić information content (AvgIpc) is 3.10. The molecule has 3 aromatic rings. The van der Waals surface area contributed by atoms with E-state index in [9.17, 15) is 54.7 Å². The fourth-order valence-electron chi connectivity index (χ4n) is 5.02. The number of nitrogens with one attached hydrogen (secondary N) is 3. The van der Waals surface area contributed by atoms with Crippen LogP contribution in [0.25, 0.3) is 0 Å². The molecule has 0 saturated carbocycles. The molecule has 0 aliphatic carbocycles. The van der Waals surface area contributed by atoms with Crippen molar-refractivity contribution in [2.45, 2.75) is 57.5 Å². The topological polar surface area (TPSA) is 153 Å². The van der Waals surface area contributed by atoms with Crippen molar-refractivity contribution >= 4 is 40.9 Å². The van der Waals surface area contributed by atoms with Gasteiger partial charge >= 0.3 is 18.7 Å². The maximum atomic E-state index is 14.9. The zero-order valence-electron chi connectivity index (χ0n) is 28.7. The largest absolute Gasteiger partial charge is 0.497 e. The third-order valence-electron chi connectivity index (χ3n) is 7.81. The van der Waals surface area contributed by atoms with E-state index in [4.69, 9.17) is 16.3 Å². The highest BCUT2D eigenvalue weighted by Crippen LogP contribution is 2.30. The number of alkyl halides is 7. The molecule has 3 N–H and O–H groups in total. The smallest absolute Gasteiger partial charge is 0.405 e. The highest BCUT2D eigenvalue weighted by Gasteiger charge is 2.52. The van der Waals surface area contributed by atoms with Gasteiger partial charge in [-0.05, 0) is 53.4 Å². The Hall–Kier alpha value is -5.26. The Morgan fingerprint density at radius 1 is 0.889 bits per heavy atom. The first-order valence-electron chi connectivity index (χ1n) is 15.9. The van der Waals surface area contributed by atoms with Crippen molar-refractivity contribution in [2.75, 3.05) is 13.7 Å². The van der Waals surface area contributed by atoms with Gasteiger partial charge in [-0.2, -0.15) is 30.7 Å². The minimum absolute atomic E-state index is 0.0721. The summed E-state index contributed by atoms with van der Waals surface area (Å²) in [6.45, 7) is -2.74. The maximum Gasteiger partial charge on any atom is 0.405 e. The molecule has 0 fully saturated rings. The normalized spacial score (nSPS) is 13.4. The summed E-state index contributed by atoms with van der Waals surface area (Å²) in [6.07, 6.45) is -5.44. The SMILES string of the molecule is COc1ccc([C@H](NC(=O)[C@H](Cc2cccc(Cl)c2)NC(=O)c2ccc(OC(F)F)cn2)C(=O)C[C@H](C(=O)C(F)(F)C(=O)NCC(F)(F)F)C(C)C)cc1. The van der Waals surface area contributed by atoms with Crippen LogP contribution in [-0.2, 0) is 25.6 Å². The van der Waals surface area contributed by atoms with Crippen molar-refractivity contribution in [3.8, 4) is 11.5 Å². The molecular weight excluding hydrogens is 757 g/mol. The van der Waals surface area contributed by atoms with Crippen molar-refractivity contribution < 1.29 is 64.2 Å². The summed E-state index contributed by atoms with van der Waals surface area (Å²) in [6, 6.07) is 10.6. The molecule has 54 heavy (non-hydrogen) atoms. The number of halogens is 8. The highest BCUT2D eigenvalue weighted by molar-refractivity contribution is 6.30. The molecule has 3 atom stereocenters. The number of pyridine rings is 1. The summed E-state index contributed by atoms with van der Waals surface area (Å²) in [5.74, 6) is -15.5. The van der Waals surface area contributed by atoms with E-state index < -0.39 is 84.9 Å². The summed E-state index contributed by atoms with van der Waals surface area (Å²) < 4.78 is 102. The number of Topliss-reactive ketones (excluding diaryl/α,β-unsaturated/α-hetero) is 2. The number of rotatable bonds is 18. The minimum atomic E-state index is -5.05. The summed E-state index contributed by atoms with van der Waals surface area (Å²) >= 11 is 6.11. The van der Waals surface area contributed by atoms with Crippen LogP contribution >= 0.6 is 11.6 Å². The van der Waals surface area contributed by atoms with Gasteiger partial charge in [0.1, 0.15) is 35.8 Å². The average molecular weight is 791 g/mol. The number of benzene rings is 2. The van der Waals surface area contributed by atoms with E-state index in [0.29, 0.717) is 11.3 Å². The van der Waals surface area contributed by atoms with Crippen molar-refractivity contribution in [2.24, 2.45) is 11.8 Å². The number of carbonyl (C=O) groups is 5. The summed E-state index contributed by atoms with van der Waals surface area (Å²) in [4.78, 5) is 69.8. The number of aromatic nitrogens is 1. The van der Waals surface area contributed by atoms with Crippen LogP contribution in [0, 0.1) is 11.8 Å². The number of hydrogen-bond donors (Lipinski definition) is 3. The Labute approximate surface area is 308 Å². The second-order valence-corrected chi connectivity index (χ2v) is 12.5. The number of nitrogens with zero attached hydrogens (tertiary/aromatic N) is 1. The van der Waals surface area contributed by atoms with Crippen molar-refractivity contribution in [1.29, 1.82) is 0 Å². The van der Waals surface area contributed by atoms with E-state index in [2.05, 4.69) is 20.4 Å². The molecule has 3 rings (SSSR count). The van der Waals surface area contributed by atoms with Crippen LogP contribution in [0.4, 0.5) is 30.7 Å². The molecule has 0 aliphatic heterocycles. The fraction of sp³-hybridized carbons (Fsp3) is 0.371. The maximum absolute atomic E-state index is 14.9. The number of amides is 3. The zero-order valence-corrected chi connectivity index (χ0v) is 29.4. The first kappa shape index (κ1) is 43.1. The highest BCUT2D eigenvalue weighted by atomic mass is 35.5. The first-order valence-corrected chi connectivity index (χ1v) is 16.3. The molecule has 3 amide bonds. The molecule has 0 spiro atoms. The predicted molar refractivity (Wildman–Crippen MR) is 178 cm³/mol. The lowest BCUT2D eigenvalue weighted by molar-refractivity contribution is -0.167. The number of ether oxygens (including phenoxy) is 2. The van der Waals surface area contributed by atoms with Gasteiger partial charge in [0.05, 0.1) is 13.3 Å². The van der Waals surface area contributed by atoms with Gasteiger partial charge in [-0.3, -0.25) is 24.0 Å². The Kier molecular flexibility index (Phi) is 14.9. The number of ketones is 2. The van der Waals surface area contributed by atoms with Gasteiger partial charge in [0, 0.05) is 23.8 Å². The quantitative estimate of drug-likeness (QED) is 0.110. The van der Waals surface area contributed by atoms with E-state index in [0.717, 1.165) is 23.6 Å². The van der Waals surface area contributed by atoms with E-state index in [1.807, 2.05) is 0 Å². The van der Waals surface area contributed by atoms with Gasteiger partial charge in [-0.15, -0.1) is 0 Å². The molecule has 0 bridgehead atoms. The fourth-order valence-corrected chi connectivity index (χ4v) is 5.23. The molecule has 11 nitrogen and oxygen atoms in total. The second-order valence-electron chi connectivity index (χ2n) is 12.1. The standard InChI is InChI=1S/C35H34ClF7N4O7/c1-18(2)24(29(49)35(42,43)32(52)45-17-34(39,40)41)15-27(48)28(20-7-9-22(53-3)10-8-20)47-31(51)26(14-19-5-4-6-21(36)13-19)46-30(50)25-12-11-23(16-44-25)54-33(37)38/h4-13,16,18,24,26,28,33H,14-15,17H2,1-3H3,(H,45,52)(H,46,50)(H,47,51)/t24-,26-,28-/m0/s1. The van der Waals surface area contributed by atoms with Crippen molar-refractivity contribution in [3.05, 3.63) is 88.7 Å². The number of hydrogen-bond acceptors (Lipinski definition) is 8. The molecule has 292 valence electrons. The van der Waals surface area contributed by atoms with Gasteiger partial charge in [-0.1, -0.05) is 49.7 Å². The van der Waals surface area contributed by atoms with Crippen LogP contribution < -0.4 is 25.4 Å². The van der Waals surface area contributed by atoms with E-state index in [1.165, 1.54) is 51.3 Å². The van der Waals surface area contributed by atoms with Crippen LogP contribution in [-0.4, -0.2) is 72.7 Å². The number of carbonyl (C=O) groups excluding carboxylic acids is 5. The van der Waals surface area contributed by atoms with Crippen LogP contribution in [0.5, 0.6) is 11.5 Å². The molecule has 0 aliphatic rings. The molecular formula is C35H34ClF7N4O7. The predicted octanol–water partition coefficient (Wildman–Crippen LogP) is 5.66. The molecule has 0 saturated heterocycles. The minimum Gasteiger partial charge on any atom is -0.497 e. The Bertz CT molecular complexity index is 1790. The van der Waals surface area contributed by atoms with Crippen molar-refractivity contribution in [3.63, 3.8) is 0 Å². The molecule has 19 heteroatoms. The molecule has 0 radical (unpaired) electrons. The summed E-state index contributed by atoms with van der Waals surface area (Å²) in [5, 5.41) is 6.17. The van der Waals surface area contributed by atoms with E-state index in [-0.39, 0.29) is 28.5 Å². The van der Waals surface area contributed by atoms with Gasteiger partial charge in [0.15, 0.2) is 5.78 Å². The third-order valence-corrected chi connectivity index (χ3v) is 8.04. The van der Waals surface area contributed by atoms with Gasteiger partial charge in [0.25, 0.3) is 11.8 Å². The van der Waals surface area contributed by atoms with Crippen LogP contribution in [0.3, 0.4) is 0 Å². The Morgan fingerprint density at radius 3 is 2.07 bits per heavy atom. The van der Waals surface area contributed by atoms with Crippen LogP contribution in [0.15, 0.2) is 66.9 Å². The van der Waals surface area contributed by atoms with E-state index in [1.54, 1.807) is 18.2 Å². The second kappa shape index (κ2) is 18.7.